The van der Waals surface area contributed by atoms with Crippen LogP contribution in [-0.2, 0) is 0 Å². The second-order valence-electron chi connectivity index (χ2n) is 1.72. The third-order valence-corrected chi connectivity index (χ3v) is 0.791. The molecule has 0 atom stereocenters. The molecule has 0 bridgehead atoms. The molecule has 0 aliphatic carbocycles. The molecule has 0 amide bonds. The van der Waals surface area contributed by atoms with Gasteiger partial charge in [0.05, 0.1) is 4.99 Å². The summed E-state index contributed by atoms with van der Waals surface area (Å²) in [6, 6.07) is 0. The maximum absolute atomic E-state index is 5.24. The first-order valence-electron chi connectivity index (χ1n) is 2.66. The maximum atomic E-state index is 5.24. The van der Waals surface area contributed by atoms with Gasteiger partial charge in [-0.15, -0.1) is 0 Å². The van der Waals surface area contributed by atoms with Gasteiger partial charge in [-0.05, 0) is 13.8 Å². The van der Waals surface area contributed by atoms with E-state index < -0.39 is 0 Å². The molecule has 0 aliphatic rings. The van der Waals surface area contributed by atoms with Crippen molar-refractivity contribution in [2.45, 2.75) is 13.8 Å². The fourth-order valence-corrected chi connectivity index (χ4v) is 0.265. The van der Waals surface area contributed by atoms with Gasteiger partial charge < -0.3 is 5.73 Å². The van der Waals surface area contributed by atoms with Gasteiger partial charge in [-0.25, -0.2) is 0 Å². The van der Waals surface area contributed by atoms with E-state index in [4.69, 9.17) is 18.0 Å². The zero-order valence-electron chi connectivity index (χ0n) is 5.64. The Morgan fingerprint density at radius 3 is 2.56 bits per heavy atom. The van der Waals surface area contributed by atoms with Crippen LogP contribution in [0, 0.1) is 0 Å². The largest absolute Gasteiger partial charge is 0.325 e. The molecule has 0 unspecified atom stereocenters. The van der Waals surface area contributed by atoms with Gasteiger partial charge >= 0.3 is 0 Å². The molecule has 0 saturated carbocycles. The van der Waals surface area contributed by atoms with Crippen LogP contribution in [0.4, 0.5) is 0 Å². The number of nitrogens with zero attached hydrogens (tertiary/aromatic N) is 1. The molecule has 0 aliphatic heterocycles. The van der Waals surface area contributed by atoms with Crippen molar-refractivity contribution < 1.29 is 0 Å². The second-order valence-corrected chi connectivity index (χ2v) is 2.33. The van der Waals surface area contributed by atoms with Crippen LogP contribution in [0.5, 0.6) is 0 Å². The van der Waals surface area contributed by atoms with E-state index in [0.29, 0.717) is 11.5 Å². The van der Waals surface area contributed by atoms with E-state index in [1.807, 2.05) is 6.92 Å². The molecule has 0 aromatic carbocycles. The zero-order valence-corrected chi connectivity index (χ0v) is 6.46. The highest BCUT2D eigenvalue weighted by molar-refractivity contribution is 7.80. The smallest absolute Gasteiger partial charge is 0.0930 e. The minimum Gasteiger partial charge on any atom is -0.325 e. The molecule has 0 rings (SSSR count). The minimum absolute atomic E-state index is 0.468. The van der Waals surface area contributed by atoms with Crippen molar-refractivity contribution in [1.82, 2.24) is 5.43 Å². The third-order valence-electron chi connectivity index (χ3n) is 0.700. The van der Waals surface area contributed by atoms with Gasteiger partial charge in [0.1, 0.15) is 0 Å². The molecule has 0 aromatic heterocycles. The second kappa shape index (κ2) is 4.40. The Morgan fingerprint density at radius 1 is 1.67 bits per heavy atom. The number of hydrogen-bond donors (Lipinski definition) is 2. The van der Waals surface area contributed by atoms with Crippen LogP contribution < -0.4 is 11.2 Å². The van der Waals surface area contributed by atoms with Gasteiger partial charge in [-0.2, -0.15) is 5.10 Å². The number of rotatable bonds is 2. The Kier molecular flexibility index (Phi) is 4.17. The summed E-state index contributed by atoms with van der Waals surface area (Å²) in [6.07, 6.45) is 0. The normalized spacial score (nSPS) is 11.2. The third kappa shape index (κ3) is 5.39. The van der Waals surface area contributed by atoms with E-state index in [1.54, 1.807) is 6.92 Å². The summed E-state index contributed by atoms with van der Waals surface area (Å²) in [6.45, 7) is 4.07. The predicted octanol–water partition coefficient (Wildman–Crippen LogP) is 0.258. The molecular weight excluding hydrogens is 134 g/mol. The van der Waals surface area contributed by atoms with Crippen LogP contribution in [0.3, 0.4) is 0 Å². The molecule has 3 nitrogen and oxygen atoms in total. The molecule has 0 saturated heterocycles. The van der Waals surface area contributed by atoms with Crippen LogP contribution in [0.1, 0.15) is 13.8 Å². The minimum atomic E-state index is 0.468. The summed E-state index contributed by atoms with van der Waals surface area (Å²) in [4.78, 5) is 0.655. The number of nitrogens with one attached hydrogen (secondary N) is 1. The SMILES string of the molecule is CC(=S)N/N=C(\C)CN. The van der Waals surface area contributed by atoms with Gasteiger partial charge in [0.15, 0.2) is 0 Å². The van der Waals surface area contributed by atoms with E-state index in [9.17, 15) is 0 Å². The van der Waals surface area contributed by atoms with Crippen molar-refractivity contribution in [3.63, 3.8) is 0 Å². The summed E-state index contributed by atoms with van der Waals surface area (Å²) < 4.78 is 0. The Balaban J connectivity index is 3.56. The fraction of sp³-hybridized carbons (Fsp3) is 0.600. The van der Waals surface area contributed by atoms with Gasteiger partial charge in [0.2, 0.25) is 0 Å². The first-order chi connectivity index (χ1) is 4.16. The number of thiocarbonyl (C=S) groups is 1. The van der Waals surface area contributed by atoms with Crippen molar-refractivity contribution in [1.29, 1.82) is 0 Å². The van der Waals surface area contributed by atoms with E-state index in [0.717, 1.165) is 5.71 Å². The van der Waals surface area contributed by atoms with E-state index in [-0.39, 0.29) is 0 Å². The lowest BCUT2D eigenvalue weighted by Crippen LogP contribution is -2.17. The van der Waals surface area contributed by atoms with E-state index in [2.05, 4.69) is 10.5 Å². The Labute approximate surface area is 60.3 Å². The summed E-state index contributed by atoms with van der Waals surface area (Å²) in [5.41, 5.74) is 8.73. The van der Waals surface area contributed by atoms with Gasteiger partial charge in [0.25, 0.3) is 0 Å². The molecule has 0 radical (unpaired) electrons. The average Bonchev–Trinajstić information content (AvgIpc) is 1.83. The van der Waals surface area contributed by atoms with Crippen LogP contribution in [-0.4, -0.2) is 17.2 Å². The summed E-state index contributed by atoms with van der Waals surface area (Å²) >= 11 is 4.70. The standard InChI is InChI=1S/C5H11N3S/c1-4(3-6)7-8-5(2)9/h3,6H2,1-2H3,(H,8,9)/b7-4+. The molecule has 0 spiro atoms. The lowest BCUT2D eigenvalue weighted by atomic mass is 10.4. The highest BCUT2D eigenvalue weighted by Gasteiger charge is 1.83. The van der Waals surface area contributed by atoms with Crippen LogP contribution >= 0.6 is 12.2 Å². The van der Waals surface area contributed by atoms with Crippen LogP contribution in [0.25, 0.3) is 0 Å². The Hall–Kier alpha value is -0.480. The lowest BCUT2D eigenvalue weighted by Gasteiger charge is -1.95. The lowest BCUT2D eigenvalue weighted by molar-refractivity contribution is 1.02. The maximum Gasteiger partial charge on any atom is 0.0930 e. The average molecular weight is 145 g/mol. The quantitative estimate of drug-likeness (QED) is 0.333. The molecule has 0 fully saturated rings. The molecule has 3 N–H and O–H groups in total. The Morgan fingerprint density at radius 2 is 2.22 bits per heavy atom. The van der Waals surface area contributed by atoms with Crippen molar-refractivity contribution in [2.75, 3.05) is 6.54 Å². The van der Waals surface area contributed by atoms with Gasteiger partial charge in [-0.1, -0.05) is 12.2 Å². The molecule has 0 heterocycles. The topological polar surface area (TPSA) is 50.4 Å². The van der Waals surface area contributed by atoms with Crippen LogP contribution in [0.2, 0.25) is 0 Å². The highest BCUT2D eigenvalue weighted by Crippen LogP contribution is 1.71. The first kappa shape index (κ1) is 8.52. The fourth-order valence-electron chi connectivity index (χ4n) is 0.220. The first-order valence-corrected chi connectivity index (χ1v) is 3.07. The number of hydrogen-bond acceptors (Lipinski definition) is 3. The Bertz CT molecular complexity index is 130. The molecule has 9 heavy (non-hydrogen) atoms. The van der Waals surface area contributed by atoms with Gasteiger partial charge in [-0.3, -0.25) is 5.43 Å². The zero-order chi connectivity index (χ0) is 7.28. The van der Waals surface area contributed by atoms with E-state index in [1.165, 1.54) is 0 Å². The molecule has 52 valence electrons. The predicted molar refractivity (Wildman–Crippen MR) is 43.6 cm³/mol. The van der Waals surface area contributed by atoms with E-state index >= 15 is 0 Å². The number of hydrazone groups is 1. The molecule has 4 heteroatoms. The summed E-state index contributed by atoms with van der Waals surface area (Å²) in [5, 5.41) is 3.84. The monoisotopic (exact) mass is 145 g/mol. The van der Waals surface area contributed by atoms with Crippen molar-refractivity contribution in [2.24, 2.45) is 10.8 Å². The summed E-state index contributed by atoms with van der Waals surface area (Å²) in [5.74, 6) is 0. The van der Waals surface area contributed by atoms with Gasteiger partial charge in [0, 0.05) is 12.3 Å². The van der Waals surface area contributed by atoms with Crippen molar-refractivity contribution in [3.05, 3.63) is 0 Å². The molecular formula is C5H11N3S. The summed E-state index contributed by atoms with van der Waals surface area (Å²) in [7, 11) is 0. The van der Waals surface area contributed by atoms with Crippen LogP contribution in [0.15, 0.2) is 5.10 Å². The van der Waals surface area contributed by atoms with Crippen molar-refractivity contribution >= 4 is 22.9 Å². The molecule has 0 aromatic rings. The number of nitrogens with two attached hydrogens (primary N) is 1. The highest BCUT2D eigenvalue weighted by atomic mass is 32.1. The van der Waals surface area contributed by atoms with Crippen molar-refractivity contribution in [3.8, 4) is 0 Å².